The lowest BCUT2D eigenvalue weighted by Gasteiger charge is -2.09. The average Bonchev–Trinajstić information content (AvgIpc) is 2.40. The van der Waals surface area contributed by atoms with Crippen molar-refractivity contribution in [3.8, 4) is 29.2 Å². The van der Waals surface area contributed by atoms with Crippen molar-refractivity contribution in [2.45, 2.75) is 0 Å². The van der Waals surface area contributed by atoms with Crippen molar-refractivity contribution < 1.29 is 9.13 Å². The zero-order valence-corrected chi connectivity index (χ0v) is 10.2. The molecule has 0 aromatic heterocycles. The molecule has 0 spiro atoms. The molecule has 2 aromatic rings. The first-order chi connectivity index (χ1) is 8.72. The summed E-state index contributed by atoms with van der Waals surface area (Å²) < 4.78 is 18.8. The van der Waals surface area contributed by atoms with Gasteiger partial charge in [-0.15, -0.1) is 6.42 Å². The summed E-state index contributed by atoms with van der Waals surface area (Å²) in [4.78, 5) is 0. The second-order valence-corrected chi connectivity index (χ2v) is 3.94. The van der Waals surface area contributed by atoms with Crippen LogP contribution in [0, 0.1) is 24.2 Å². The van der Waals surface area contributed by atoms with Crippen LogP contribution in [0.1, 0.15) is 0 Å². The van der Waals surface area contributed by atoms with Gasteiger partial charge in [-0.1, -0.05) is 41.8 Å². The van der Waals surface area contributed by atoms with Crippen LogP contribution in [0.3, 0.4) is 0 Å². The van der Waals surface area contributed by atoms with Crippen LogP contribution in [0.2, 0.25) is 5.02 Å². The van der Waals surface area contributed by atoms with Crippen LogP contribution in [0.4, 0.5) is 4.39 Å². The maximum Gasteiger partial charge on any atom is 0.148 e. The van der Waals surface area contributed by atoms with Crippen molar-refractivity contribution in [1.29, 1.82) is 0 Å². The Kier molecular flexibility index (Phi) is 3.86. The molecule has 0 fully saturated rings. The molecule has 0 N–H and O–H groups in total. The molecule has 0 heterocycles. The van der Waals surface area contributed by atoms with Crippen LogP contribution >= 0.6 is 11.6 Å². The van der Waals surface area contributed by atoms with Gasteiger partial charge in [0.25, 0.3) is 0 Å². The van der Waals surface area contributed by atoms with Gasteiger partial charge in [0.2, 0.25) is 0 Å². The molecule has 0 amide bonds. The SMILES string of the molecule is C#CCOc1[c]cccc1-c1ccc(Cl)c(F)c1. The molecule has 0 saturated heterocycles. The monoisotopic (exact) mass is 259 g/mol. The molecule has 0 aliphatic carbocycles. The minimum atomic E-state index is -0.471. The van der Waals surface area contributed by atoms with Gasteiger partial charge in [-0.25, -0.2) is 4.39 Å². The van der Waals surface area contributed by atoms with E-state index >= 15 is 0 Å². The molecular formula is C15H9ClFO. The summed E-state index contributed by atoms with van der Waals surface area (Å²) >= 11 is 5.65. The lowest BCUT2D eigenvalue weighted by atomic mass is 10.0. The quantitative estimate of drug-likeness (QED) is 0.758. The van der Waals surface area contributed by atoms with E-state index in [1.165, 1.54) is 12.1 Å². The summed E-state index contributed by atoms with van der Waals surface area (Å²) in [6.07, 6.45) is 5.14. The number of ether oxygens (including phenoxy) is 1. The minimum Gasteiger partial charge on any atom is -0.480 e. The van der Waals surface area contributed by atoms with Gasteiger partial charge in [-0.2, -0.15) is 0 Å². The fourth-order valence-corrected chi connectivity index (χ4v) is 1.66. The van der Waals surface area contributed by atoms with Crippen LogP contribution in [0.15, 0.2) is 36.4 Å². The van der Waals surface area contributed by atoms with Crippen molar-refractivity contribution >= 4 is 11.6 Å². The third-order valence-corrected chi connectivity index (χ3v) is 2.66. The van der Waals surface area contributed by atoms with Crippen LogP contribution < -0.4 is 4.74 Å². The minimum absolute atomic E-state index is 0.0877. The lowest BCUT2D eigenvalue weighted by molar-refractivity contribution is 0.371. The first-order valence-electron chi connectivity index (χ1n) is 5.25. The number of hydrogen-bond acceptors (Lipinski definition) is 1. The van der Waals surface area contributed by atoms with Crippen molar-refractivity contribution in [3.63, 3.8) is 0 Å². The standard InChI is InChI=1S/C15H9ClFO/c1-2-9-18-15-6-4-3-5-12(15)11-7-8-13(16)14(17)10-11/h1,3-5,7-8,10H,9H2. The maximum atomic E-state index is 13.4. The van der Waals surface area contributed by atoms with Gasteiger partial charge in [0.05, 0.1) is 5.02 Å². The number of hydrogen-bond donors (Lipinski definition) is 0. The van der Waals surface area contributed by atoms with Gasteiger partial charge in [-0.3, -0.25) is 0 Å². The summed E-state index contributed by atoms with van der Waals surface area (Å²) in [5, 5.41) is 0.0877. The third-order valence-electron chi connectivity index (χ3n) is 2.35. The van der Waals surface area contributed by atoms with Gasteiger partial charge in [-0.05, 0) is 17.7 Å². The van der Waals surface area contributed by atoms with Crippen molar-refractivity contribution in [3.05, 3.63) is 53.3 Å². The van der Waals surface area contributed by atoms with E-state index in [2.05, 4.69) is 12.0 Å². The maximum absolute atomic E-state index is 13.4. The van der Waals surface area contributed by atoms with Crippen molar-refractivity contribution in [2.75, 3.05) is 6.61 Å². The van der Waals surface area contributed by atoms with Crippen LogP contribution in [-0.4, -0.2) is 6.61 Å². The van der Waals surface area contributed by atoms with E-state index in [1.807, 2.05) is 6.07 Å². The van der Waals surface area contributed by atoms with E-state index in [9.17, 15) is 4.39 Å². The molecule has 2 aromatic carbocycles. The molecule has 18 heavy (non-hydrogen) atoms. The zero-order chi connectivity index (χ0) is 13.0. The number of halogens is 2. The average molecular weight is 260 g/mol. The second-order valence-electron chi connectivity index (χ2n) is 3.53. The summed E-state index contributed by atoms with van der Waals surface area (Å²) in [6, 6.07) is 12.8. The summed E-state index contributed by atoms with van der Waals surface area (Å²) in [6.45, 7) is 0.142. The van der Waals surface area contributed by atoms with E-state index in [1.54, 1.807) is 18.2 Å². The Morgan fingerprint density at radius 3 is 2.94 bits per heavy atom. The first kappa shape index (κ1) is 12.5. The van der Waals surface area contributed by atoms with Gasteiger partial charge in [0, 0.05) is 11.6 Å². The molecule has 1 radical (unpaired) electrons. The number of rotatable bonds is 3. The highest BCUT2D eigenvalue weighted by atomic mass is 35.5. The number of para-hydroxylation sites is 1. The Balaban J connectivity index is 2.43. The Bertz CT molecular complexity index is 602. The number of benzene rings is 2. The molecule has 0 unspecified atom stereocenters. The Hall–Kier alpha value is -1.98. The fraction of sp³-hybridized carbons (Fsp3) is 0.0667. The molecule has 89 valence electrons. The van der Waals surface area contributed by atoms with E-state index in [-0.39, 0.29) is 11.6 Å². The van der Waals surface area contributed by atoms with E-state index in [0.29, 0.717) is 11.3 Å². The molecule has 1 nitrogen and oxygen atoms in total. The molecular weight excluding hydrogens is 251 g/mol. The van der Waals surface area contributed by atoms with Crippen LogP contribution in [0.5, 0.6) is 5.75 Å². The van der Waals surface area contributed by atoms with E-state index < -0.39 is 5.82 Å². The van der Waals surface area contributed by atoms with Crippen LogP contribution in [-0.2, 0) is 0 Å². The summed E-state index contributed by atoms with van der Waals surface area (Å²) in [7, 11) is 0. The Morgan fingerprint density at radius 2 is 2.22 bits per heavy atom. The highest BCUT2D eigenvalue weighted by molar-refractivity contribution is 6.30. The molecule has 3 heteroatoms. The zero-order valence-electron chi connectivity index (χ0n) is 9.41. The second kappa shape index (κ2) is 5.57. The van der Waals surface area contributed by atoms with Crippen molar-refractivity contribution in [1.82, 2.24) is 0 Å². The normalized spacial score (nSPS) is 9.83. The molecule has 0 aliphatic heterocycles. The summed E-state index contributed by atoms with van der Waals surface area (Å²) in [5.41, 5.74) is 1.39. The fourth-order valence-electron chi connectivity index (χ4n) is 1.55. The molecule has 0 saturated carbocycles. The highest BCUT2D eigenvalue weighted by Gasteiger charge is 2.08. The van der Waals surface area contributed by atoms with Gasteiger partial charge >= 0.3 is 0 Å². The summed E-state index contributed by atoms with van der Waals surface area (Å²) in [5.74, 6) is 2.40. The Morgan fingerprint density at radius 1 is 1.39 bits per heavy atom. The van der Waals surface area contributed by atoms with Gasteiger partial charge in [0.15, 0.2) is 0 Å². The smallest absolute Gasteiger partial charge is 0.148 e. The molecule has 0 aliphatic rings. The molecule has 0 atom stereocenters. The molecule has 0 bridgehead atoms. The third kappa shape index (κ3) is 2.64. The highest BCUT2D eigenvalue weighted by Crippen LogP contribution is 2.31. The van der Waals surface area contributed by atoms with Crippen molar-refractivity contribution in [2.24, 2.45) is 0 Å². The Labute approximate surface area is 110 Å². The lowest BCUT2D eigenvalue weighted by Crippen LogP contribution is -1.95. The predicted molar refractivity (Wildman–Crippen MR) is 70.0 cm³/mol. The van der Waals surface area contributed by atoms with E-state index in [0.717, 1.165) is 5.56 Å². The van der Waals surface area contributed by atoms with Gasteiger partial charge < -0.3 is 4.74 Å². The first-order valence-corrected chi connectivity index (χ1v) is 5.62. The molecule has 2 rings (SSSR count). The van der Waals surface area contributed by atoms with E-state index in [4.69, 9.17) is 22.8 Å². The van der Waals surface area contributed by atoms with Crippen LogP contribution in [0.25, 0.3) is 11.1 Å². The number of terminal acetylenes is 1. The topological polar surface area (TPSA) is 9.23 Å². The predicted octanol–water partition coefficient (Wildman–Crippen LogP) is 3.96. The van der Waals surface area contributed by atoms with Gasteiger partial charge in [0.1, 0.15) is 18.2 Å². The largest absolute Gasteiger partial charge is 0.480 e.